The minimum atomic E-state index is -0.131. The van der Waals surface area contributed by atoms with Crippen molar-refractivity contribution >= 4 is 22.0 Å². The molecule has 1 fully saturated rings. The highest BCUT2D eigenvalue weighted by molar-refractivity contribution is 9.10. The number of halogens is 1. The maximum Gasteiger partial charge on any atom is 0.317 e. The zero-order valence-electron chi connectivity index (χ0n) is 15.4. The van der Waals surface area contributed by atoms with Crippen LogP contribution >= 0.6 is 15.9 Å². The number of nitrogens with one attached hydrogen (secondary N) is 1. The Bertz CT molecular complexity index is 799. The van der Waals surface area contributed by atoms with E-state index in [1.165, 1.54) is 0 Å². The summed E-state index contributed by atoms with van der Waals surface area (Å²) >= 11 is 3.48. The number of rotatable bonds is 5. The fourth-order valence-corrected chi connectivity index (χ4v) is 3.53. The molecule has 1 aliphatic rings. The first-order chi connectivity index (χ1) is 13.1. The summed E-state index contributed by atoms with van der Waals surface area (Å²) in [7, 11) is 3.18. The first-order valence-corrected chi connectivity index (χ1v) is 9.51. The molecule has 1 saturated heterocycles. The molecule has 3 rings (SSSR count). The summed E-state index contributed by atoms with van der Waals surface area (Å²) < 4.78 is 17.6. The second kappa shape index (κ2) is 9.10. The number of nitrogens with zero attached hydrogens (tertiary/aromatic N) is 1. The Morgan fingerprint density at radius 1 is 1.26 bits per heavy atom. The number of methoxy groups -OCH3 is 2. The van der Waals surface area contributed by atoms with E-state index >= 15 is 0 Å². The Morgan fingerprint density at radius 3 is 2.81 bits per heavy atom. The van der Waals surface area contributed by atoms with E-state index in [0.29, 0.717) is 37.7 Å². The van der Waals surface area contributed by atoms with Gasteiger partial charge in [0.1, 0.15) is 6.10 Å². The Hall–Kier alpha value is -2.25. The van der Waals surface area contributed by atoms with Crippen LogP contribution in [0.2, 0.25) is 0 Å². The van der Waals surface area contributed by atoms with Crippen molar-refractivity contribution in [3.63, 3.8) is 0 Å². The zero-order valence-corrected chi connectivity index (χ0v) is 17.0. The molecule has 0 aromatic heterocycles. The fraction of sp³-hybridized carbons (Fsp3) is 0.350. The van der Waals surface area contributed by atoms with Crippen LogP contribution in [0, 0.1) is 0 Å². The van der Waals surface area contributed by atoms with Crippen LogP contribution in [0.4, 0.5) is 4.79 Å². The highest BCUT2D eigenvalue weighted by atomic mass is 79.9. The Balaban J connectivity index is 1.63. The molecule has 1 unspecified atom stereocenters. The lowest BCUT2D eigenvalue weighted by molar-refractivity contribution is -0.0155. The number of morpholine rings is 1. The van der Waals surface area contributed by atoms with Crippen LogP contribution in [-0.2, 0) is 11.3 Å². The maximum absolute atomic E-state index is 12.6. The number of urea groups is 1. The average molecular weight is 435 g/mol. The third-order valence-corrected chi connectivity index (χ3v) is 4.98. The van der Waals surface area contributed by atoms with Gasteiger partial charge in [0.05, 0.1) is 27.4 Å². The smallest absolute Gasteiger partial charge is 0.317 e. The van der Waals surface area contributed by atoms with Gasteiger partial charge in [-0.25, -0.2) is 4.79 Å². The number of carbonyl (C=O) groups excluding carboxylic acids is 1. The number of hydrogen-bond acceptors (Lipinski definition) is 4. The number of ether oxygens (including phenoxy) is 3. The number of benzene rings is 2. The monoisotopic (exact) mass is 434 g/mol. The molecule has 144 valence electrons. The highest BCUT2D eigenvalue weighted by Gasteiger charge is 2.25. The molecule has 0 saturated carbocycles. The molecule has 1 aliphatic heterocycles. The predicted octanol–water partition coefficient (Wildman–Crippen LogP) is 3.75. The quantitative estimate of drug-likeness (QED) is 0.778. The van der Waals surface area contributed by atoms with Gasteiger partial charge in [-0.15, -0.1) is 0 Å². The lowest BCUT2D eigenvalue weighted by atomic mass is 10.1. The number of para-hydroxylation sites is 1. The molecule has 2 aromatic rings. The summed E-state index contributed by atoms with van der Waals surface area (Å²) in [6.07, 6.45) is -0.131. The lowest BCUT2D eigenvalue weighted by Gasteiger charge is -2.33. The SMILES string of the molecule is COc1cccc(CNC(=O)N2CCOC(c3cccc(Br)c3)C2)c1OC. The van der Waals surface area contributed by atoms with Crippen molar-refractivity contribution in [2.24, 2.45) is 0 Å². The zero-order chi connectivity index (χ0) is 19.2. The van der Waals surface area contributed by atoms with Crippen LogP contribution in [0.1, 0.15) is 17.2 Å². The van der Waals surface area contributed by atoms with Gasteiger partial charge < -0.3 is 24.4 Å². The molecule has 1 atom stereocenters. The predicted molar refractivity (Wildman–Crippen MR) is 106 cm³/mol. The molecule has 1 heterocycles. The molecule has 7 heteroatoms. The van der Waals surface area contributed by atoms with Crippen molar-refractivity contribution in [3.8, 4) is 11.5 Å². The first-order valence-electron chi connectivity index (χ1n) is 8.72. The van der Waals surface area contributed by atoms with E-state index in [-0.39, 0.29) is 12.1 Å². The van der Waals surface area contributed by atoms with Crippen LogP contribution in [0.5, 0.6) is 11.5 Å². The van der Waals surface area contributed by atoms with E-state index < -0.39 is 0 Å². The molecule has 0 spiro atoms. The van der Waals surface area contributed by atoms with Gasteiger partial charge in [-0.1, -0.05) is 40.2 Å². The summed E-state index contributed by atoms with van der Waals surface area (Å²) in [5.41, 5.74) is 1.92. The number of hydrogen-bond donors (Lipinski definition) is 1. The largest absolute Gasteiger partial charge is 0.493 e. The third kappa shape index (κ3) is 4.73. The van der Waals surface area contributed by atoms with Gasteiger partial charge in [0.25, 0.3) is 0 Å². The first kappa shape index (κ1) is 19.5. The lowest BCUT2D eigenvalue weighted by Crippen LogP contribution is -2.47. The van der Waals surface area contributed by atoms with Gasteiger partial charge >= 0.3 is 6.03 Å². The summed E-state index contributed by atoms with van der Waals surface area (Å²) in [6, 6.07) is 13.5. The number of carbonyl (C=O) groups is 1. The third-order valence-electron chi connectivity index (χ3n) is 4.49. The Morgan fingerprint density at radius 2 is 2.07 bits per heavy atom. The van der Waals surface area contributed by atoms with E-state index in [0.717, 1.165) is 15.6 Å². The maximum atomic E-state index is 12.6. The molecular formula is C20H23BrN2O4. The van der Waals surface area contributed by atoms with E-state index in [4.69, 9.17) is 14.2 Å². The Labute approximate surface area is 167 Å². The van der Waals surface area contributed by atoms with Crippen molar-refractivity contribution in [2.75, 3.05) is 33.9 Å². The topological polar surface area (TPSA) is 60.0 Å². The standard InChI is InChI=1S/C20H23BrN2O4/c1-25-17-8-4-6-15(19(17)26-2)12-22-20(24)23-9-10-27-18(13-23)14-5-3-7-16(21)11-14/h3-8,11,18H,9-10,12-13H2,1-2H3,(H,22,24). The molecule has 27 heavy (non-hydrogen) atoms. The van der Waals surface area contributed by atoms with Gasteiger partial charge in [-0.05, 0) is 23.8 Å². The summed E-state index contributed by atoms with van der Waals surface area (Å²) in [5.74, 6) is 1.28. The van der Waals surface area contributed by atoms with Crippen molar-refractivity contribution in [3.05, 3.63) is 58.1 Å². The van der Waals surface area contributed by atoms with Gasteiger partial charge in [0.2, 0.25) is 0 Å². The molecule has 0 aliphatic carbocycles. The van der Waals surface area contributed by atoms with Crippen LogP contribution in [0.25, 0.3) is 0 Å². The fourth-order valence-electron chi connectivity index (χ4n) is 3.12. The van der Waals surface area contributed by atoms with Crippen molar-refractivity contribution in [1.29, 1.82) is 0 Å². The van der Waals surface area contributed by atoms with Crippen LogP contribution in [0.15, 0.2) is 46.9 Å². The average Bonchev–Trinajstić information content (AvgIpc) is 2.71. The van der Waals surface area contributed by atoms with Crippen molar-refractivity contribution < 1.29 is 19.0 Å². The van der Waals surface area contributed by atoms with Crippen LogP contribution < -0.4 is 14.8 Å². The normalized spacial score (nSPS) is 16.7. The molecule has 2 amide bonds. The van der Waals surface area contributed by atoms with E-state index in [1.54, 1.807) is 19.1 Å². The second-order valence-corrected chi connectivity index (χ2v) is 7.09. The summed E-state index contributed by atoms with van der Waals surface area (Å²) in [6.45, 7) is 1.94. The molecule has 0 bridgehead atoms. The van der Waals surface area contributed by atoms with Crippen LogP contribution in [0.3, 0.4) is 0 Å². The molecule has 1 N–H and O–H groups in total. The van der Waals surface area contributed by atoms with E-state index in [1.807, 2.05) is 42.5 Å². The van der Waals surface area contributed by atoms with Crippen molar-refractivity contribution in [1.82, 2.24) is 10.2 Å². The van der Waals surface area contributed by atoms with Gasteiger partial charge in [0.15, 0.2) is 11.5 Å². The highest BCUT2D eigenvalue weighted by Crippen LogP contribution is 2.30. The molecule has 0 radical (unpaired) electrons. The summed E-state index contributed by atoms with van der Waals surface area (Å²) in [4.78, 5) is 14.4. The molecule has 6 nitrogen and oxygen atoms in total. The minimum Gasteiger partial charge on any atom is -0.493 e. The van der Waals surface area contributed by atoms with Crippen molar-refractivity contribution in [2.45, 2.75) is 12.6 Å². The van der Waals surface area contributed by atoms with Gasteiger partial charge in [0, 0.05) is 23.1 Å². The minimum absolute atomic E-state index is 0.122. The Kier molecular flexibility index (Phi) is 6.58. The van der Waals surface area contributed by atoms with E-state index in [9.17, 15) is 4.79 Å². The van der Waals surface area contributed by atoms with Gasteiger partial charge in [-0.2, -0.15) is 0 Å². The number of amides is 2. The van der Waals surface area contributed by atoms with Gasteiger partial charge in [-0.3, -0.25) is 0 Å². The molecular weight excluding hydrogens is 412 g/mol. The summed E-state index contributed by atoms with van der Waals surface area (Å²) in [5, 5.41) is 2.96. The molecule has 2 aromatic carbocycles. The van der Waals surface area contributed by atoms with Crippen LogP contribution in [-0.4, -0.2) is 44.8 Å². The second-order valence-electron chi connectivity index (χ2n) is 6.17. The van der Waals surface area contributed by atoms with E-state index in [2.05, 4.69) is 21.2 Å².